The molecule has 1 aromatic carbocycles. The summed E-state index contributed by atoms with van der Waals surface area (Å²) < 4.78 is 11.0. The molecule has 0 radical (unpaired) electrons. The van der Waals surface area contributed by atoms with Crippen molar-refractivity contribution in [3.8, 4) is 11.5 Å². The average Bonchev–Trinajstić information content (AvgIpc) is 2.48. The van der Waals surface area contributed by atoms with Crippen LogP contribution < -0.4 is 0 Å². The van der Waals surface area contributed by atoms with Crippen LogP contribution in [0, 0.1) is 5.41 Å². The van der Waals surface area contributed by atoms with Gasteiger partial charge in [0.05, 0.1) is 5.02 Å². The number of rotatable bonds is 0. The quantitative estimate of drug-likeness (QED) is 0.613. The molecule has 3 heterocycles. The molecule has 0 aromatic heterocycles. The maximum absolute atomic E-state index is 12.5. The number of carbonyl (C=O) groups excluding carboxylic acids is 1. The molecule has 3 aliphatic rings. The van der Waals surface area contributed by atoms with Gasteiger partial charge >= 0.3 is 5.97 Å². The maximum Gasteiger partial charge on any atom is 0.342 e. The van der Waals surface area contributed by atoms with Crippen molar-refractivity contribution >= 4 is 23.3 Å². The largest absolute Gasteiger partial charge is 0.507 e. The number of esters is 1. The van der Waals surface area contributed by atoms with Crippen LogP contribution in [0.4, 0.5) is 0 Å². The molecule has 1 aromatic rings. The second-order valence-corrected chi connectivity index (χ2v) is 6.55. The second kappa shape index (κ2) is 6.80. The van der Waals surface area contributed by atoms with Crippen molar-refractivity contribution < 1.29 is 24.5 Å². The Morgan fingerprint density at radius 2 is 2.00 bits per heavy atom. The molecule has 0 spiro atoms. The van der Waals surface area contributed by atoms with E-state index in [0.717, 1.165) is 18.2 Å². The van der Waals surface area contributed by atoms with Gasteiger partial charge in [0.1, 0.15) is 35.0 Å². The monoisotopic (exact) mass is 363 g/mol. The fourth-order valence-corrected chi connectivity index (χ4v) is 3.14. The molecule has 3 aliphatic heterocycles. The SMILES string of the molecule is CC1CC2C/C(=C/C=C/C(=N)Cc3c(Cl)c(O)cc(O)c3C(=O)O1)O2. The Kier molecular flexibility index (Phi) is 4.72. The number of nitrogens with one attached hydrogen (secondary N) is 1. The van der Waals surface area contributed by atoms with Crippen LogP contribution in [0.2, 0.25) is 5.02 Å². The number of allylic oxidation sites excluding steroid dienone is 3. The van der Waals surface area contributed by atoms with Crippen LogP contribution in [0.25, 0.3) is 0 Å². The van der Waals surface area contributed by atoms with Crippen molar-refractivity contribution in [1.82, 2.24) is 0 Å². The molecule has 2 unspecified atom stereocenters. The summed E-state index contributed by atoms with van der Waals surface area (Å²) in [6.07, 6.45) is 5.82. The average molecular weight is 364 g/mol. The molecule has 25 heavy (non-hydrogen) atoms. The van der Waals surface area contributed by atoms with E-state index in [9.17, 15) is 15.0 Å². The van der Waals surface area contributed by atoms with E-state index in [2.05, 4.69) is 0 Å². The van der Waals surface area contributed by atoms with Gasteiger partial charge in [-0.1, -0.05) is 17.7 Å². The van der Waals surface area contributed by atoms with E-state index in [1.54, 1.807) is 25.2 Å². The highest BCUT2D eigenvalue weighted by atomic mass is 35.5. The van der Waals surface area contributed by atoms with E-state index in [4.69, 9.17) is 26.5 Å². The zero-order valence-corrected chi connectivity index (χ0v) is 14.3. The van der Waals surface area contributed by atoms with Gasteiger partial charge in [0.25, 0.3) is 0 Å². The summed E-state index contributed by atoms with van der Waals surface area (Å²) in [4.78, 5) is 12.5. The van der Waals surface area contributed by atoms with Gasteiger partial charge in [-0.15, -0.1) is 0 Å². The molecule has 4 rings (SSSR count). The molecule has 0 aliphatic carbocycles. The highest BCUT2D eigenvalue weighted by Crippen LogP contribution is 2.37. The third-order valence-electron chi connectivity index (χ3n) is 4.12. The molecule has 0 saturated carbocycles. The first-order valence-corrected chi connectivity index (χ1v) is 8.28. The molecule has 2 atom stereocenters. The fraction of sp³-hybridized carbons (Fsp3) is 0.333. The molecular weight excluding hydrogens is 346 g/mol. The van der Waals surface area contributed by atoms with Crippen molar-refractivity contribution in [3.63, 3.8) is 0 Å². The first-order chi connectivity index (χ1) is 11.8. The van der Waals surface area contributed by atoms with Crippen LogP contribution in [0.15, 0.2) is 30.1 Å². The lowest BCUT2D eigenvalue weighted by Gasteiger charge is -2.32. The van der Waals surface area contributed by atoms with E-state index in [-0.39, 0.29) is 40.1 Å². The summed E-state index contributed by atoms with van der Waals surface area (Å²) in [5.74, 6) is -0.711. The smallest absolute Gasteiger partial charge is 0.342 e. The normalized spacial score (nSPS) is 26.9. The molecule has 7 heteroatoms. The highest BCUT2D eigenvalue weighted by molar-refractivity contribution is 6.33. The summed E-state index contributed by atoms with van der Waals surface area (Å²) in [6, 6.07) is 1.000. The summed E-state index contributed by atoms with van der Waals surface area (Å²) >= 11 is 6.11. The number of benzene rings is 1. The topological polar surface area (TPSA) is 99.8 Å². The first-order valence-electron chi connectivity index (χ1n) is 7.90. The number of hydrogen-bond donors (Lipinski definition) is 3. The zero-order chi connectivity index (χ0) is 18.1. The van der Waals surface area contributed by atoms with Gasteiger partial charge < -0.3 is 25.1 Å². The molecule has 3 N–H and O–H groups in total. The highest BCUT2D eigenvalue weighted by Gasteiger charge is 2.30. The van der Waals surface area contributed by atoms with Crippen LogP contribution in [-0.2, 0) is 15.9 Å². The van der Waals surface area contributed by atoms with Crippen LogP contribution in [-0.4, -0.2) is 34.1 Å². The van der Waals surface area contributed by atoms with Gasteiger partial charge in [-0.2, -0.15) is 0 Å². The van der Waals surface area contributed by atoms with Crippen LogP contribution >= 0.6 is 11.6 Å². The number of phenolic OH excluding ortho intramolecular Hbond substituents is 2. The van der Waals surface area contributed by atoms with Crippen molar-refractivity contribution in [3.05, 3.63) is 46.2 Å². The number of carbonyl (C=O) groups is 1. The fourth-order valence-electron chi connectivity index (χ4n) is 2.93. The molecule has 132 valence electrons. The Hall–Kier alpha value is -2.47. The number of fused-ring (bicyclic) bond motifs is 6. The number of halogens is 1. The predicted molar refractivity (Wildman–Crippen MR) is 92.4 cm³/mol. The predicted octanol–water partition coefficient (Wildman–Crippen LogP) is 3.49. The Morgan fingerprint density at radius 1 is 1.28 bits per heavy atom. The molecule has 6 nitrogen and oxygen atoms in total. The van der Waals surface area contributed by atoms with Gasteiger partial charge in [0.15, 0.2) is 0 Å². The van der Waals surface area contributed by atoms with Gasteiger partial charge in [0.2, 0.25) is 0 Å². The lowest BCUT2D eigenvalue weighted by Crippen LogP contribution is -2.30. The molecule has 2 bridgehead atoms. The Bertz CT molecular complexity index is 791. The summed E-state index contributed by atoms with van der Waals surface area (Å²) in [6.45, 7) is 1.75. The van der Waals surface area contributed by atoms with Crippen LogP contribution in [0.3, 0.4) is 0 Å². The third-order valence-corrected chi connectivity index (χ3v) is 4.54. The second-order valence-electron chi connectivity index (χ2n) is 6.17. The molecule has 1 fully saturated rings. The standard InChI is InChI=1S/C18H18ClNO5/c1-9-5-12-7-11(25-12)4-2-3-10(20)6-13-16(18(23)24-9)14(21)8-15(22)17(13)19/h2-4,8-9,12,20-22H,5-7H2,1H3/b3-2+,11-4-,20-10?. The molecule has 0 amide bonds. The minimum absolute atomic E-state index is 0.0266. The van der Waals surface area contributed by atoms with Crippen molar-refractivity contribution in [1.29, 1.82) is 5.41 Å². The molecular formula is C18H18ClNO5. The van der Waals surface area contributed by atoms with E-state index in [1.165, 1.54) is 0 Å². The molecule has 1 saturated heterocycles. The maximum atomic E-state index is 12.5. The van der Waals surface area contributed by atoms with E-state index in [1.807, 2.05) is 0 Å². The number of phenols is 2. The Morgan fingerprint density at radius 3 is 2.72 bits per heavy atom. The van der Waals surface area contributed by atoms with Gasteiger partial charge in [-0.25, -0.2) is 4.79 Å². The van der Waals surface area contributed by atoms with E-state index >= 15 is 0 Å². The van der Waals surface area contributed by atoms with Gasteiger partial charge in [-0.05, 0) is 24.6 Å². The van der Waals surface area contributed by atoms with E-state index < -0.39 is 17.8 Å². The number of hydrogen-bond acceptors (Lipinski definition) is 6. The number of aromatic hydroxyl groups is 2. The lowest BCUT2D eigenvalue weighted by atomic mass is 9.98. The van der Waals surface area contributed by atoms with Crippen molar-refractivity contribution in [2.45, 2.75) is 38.4 Å². The van der Waals surface area contributed by atoms with Crippen molar-refractivity contribution in [2.75, 3.05) is 0 Å². The minimum Gasteiger partial charge on any atom is -0.507 e. The van der Waals surface area contributed by atoms with E-state index in [0.29, 0.717) is 6.42 Å². The van der Waals surface area contributed by atoms with Crippen molar-refractivity contribution in [2.24, 2.45) is 0 Å². The van der Waals surface area contributed by atoms with Gasteiger partial charge in [-0.3, -0.25) is 0 Å². The summed E-state index contributed by atoms with van der Waals surface area (Å²) in [5.41, 5.74) is 0.187. The van der Waals surface area contributed by atoms with Crippen LogP contribution in [0.1, 0.15) is 35.7 Å². The summed E-state index contributed by atoms with van der Waals surface area (Å²) in [7, 11) is 0. The first kappa shape index (κ1) is 17.4. The summed E-state index contributed by atoms with van der Waals surface area (Å²) in [5, 5.41) is 27.9. The zero-order valence-electron chi connectivity index (χ0n) is 13.6. The number of ether oxygens (including phenoxy) is 2. The lowest BCUT2D eigenvalue weighted by molar-refractivity contribution is -0.0232. The Labute approximate surface area is 149 Å². The Balaban J connectivity index is 2.03. The van der Waals surface area contributed by atoms with Crippen LogP contribution in [0.5, 0.6) is 11.5 Å². The third kappa shape index (κ3) is 3.64. The van der Waals surface area contributed by atoms with Gasteiger partial charge in [0, 0.05) is 31.0 Å². The minimum atomic E-state index is -0.745.